The van der Waals surface area contributed by atoms with Crippen LogP contribution < -0.4 is 0 Å². The molecule has 3 heteroatoms. The van der Waals surface area contributed by atoms with Gasteiger partial charge in [0.15, 0.2) is 11.5 Å². The van der Waals surface area contributed by atoms with E-state index in [1.165, 1.54) is 6.07 Å². The van der Waals surface area contributed by atoms with Crippen LogP contribution in [0.5, 0.6) is 11.5 Å². The normalized spacial score (nSPS) is 12.8. The summed E-state index contributed by atoms with van der Waals surface area (Å²) < 4.78 is 0. The van der Waals surface area contributed by atoms with Gasteiger partial charge in [0.1, 0.15) is 5.78 Å². The first-order valence-corrected chi connectivity index (χ1v) is 5.53. The second kappa shape index (κ2) is 5.01. The Bertz CT molecular complexity index is 383. The van der Waals surface area contributed by atoms with Gasteiger partial charge < -0.3 is 10.2 Å². The molecule has 1 aromatic rings. The molecule has 3 nitrogen and oxygen atoms in total. The molecule has 0 spiro atoms. The molecule has 1 aromatic carbocycles. The Balaban J connectivity index is 3.14. The van der Waals surface area contributed by atoms with Crippen LogP contribution in [0.3, 0.4) is 0 Å². The van der Waals surface area contributed by atoms with Crippen LogP contribution in [0.4, 0.5) is 0 Å². The number of phenolic OH excluding ortho intramolecular Hbond substituents is 2. The second-order valence-corrected chi connectivity index (χ2v) is 4.23. The van der Waals surface area contributed by atoms with E-state index in [1.807, 2.05) is 20.8 Å². The van der Waals surface area contributed by atoms with Gasteiger partial charge in [0.2, 0.25) is 0 Å². The summed E-state index contributed by atoms with van der Waals surface area (Å²) in [5.41, 5.74) is 0.515. The van der Waals surface area contributed by atoms with Crippen LogP contribution >= 0.6 is 0 Å². The molecular formula is C13H18O3. The van der Waals surface area contributed by atoms with Crippen LogP contribution in [0.15, 0.2) is 18.2 Å². The van der Waals surface area contributed by atoms with E-state index in [4.69, 9.17) is 0 Å². The fourth-order valence-electron chi connectivity index (χ4n) is 1.81. The van der Waals surface area contributed by atoms with Crippen molar-refractivity contribution in [3.63, 3.8) is 0 Å². The third kappa shape index (κ3) is 2.35. The predicted octanol–water partition coefficient (Wildman–Crippen LogP) is 2.82. The lowest BCUT2D eigenvalue weighted by atomic mass is 9.86. The molecule has 0 amide bonds. The fourth-order valence-corrected chi connectivity index (χ4v) is 1.81. The highest BCUT2D eigenvalue weighted by Crippen LogP contribution is 2.36. The molecule has 0 saturated carbocycles. The maximum atomic E-state index is 11.9. The summed E-state index contributed by atoms with van der Waals surface area (Å²) in [7, 11) is 0. The molecule has 0 fully saturated rings. The molecule has 1 rings (SSSR count). The molecule has 0 saturated heterocycles. The van der Waals surface area contributed by atoms with Gasteiger partial charge in [-0.05, 0) is 12.5 Å². The SMILES string of the molecule is CCC(C(=O)C(C)C)c1cccc(O)c1O. The van der Waals surface area contributed by atoms with Crippen molar-refractivity contribution in [1.29, 1.82) is 0 Å². The number of phenols is 2. The molecule has 0 aliphatic heterocycles. The van der Waals surface area contributed by atoms with Crippen molar-refractivity contribution in [1.82, 2.24) is 0 Å². The molecule has 0 aliphatic carbocycles. The van der Waals surface area contributed by atoms with Crippen molar-refractivity contribution in [2.45, 2.75) is 33.1 Å². The smallest absolute Gasteiger partial charge is 0.161 e. The number of hydrogen-bond acceptors (Lipinski definition) is 3. The van der Waals surface area contributed by atoms with Crippen LogP contribution in [-0.4, -0.2) is 16.0 Å². The highest BCUT2D eigenvalue weighted by atomic mass is 16.3. The second-order valence-electron chi connectivity index (χ2n) is 4.23. The molecule has 2 N–H and O–H groups in total. The van der Waals surface area contributed by atoms with E-state index in [0.29, 0.717) is 12.0 Å². The first-order valence-electron chi connectivity index (χ1n) is 5.53. The van der Waals surface area contributed by atoms with Crippen LogP contribution in [0.1, 0.15) is 38.7 Å². The standard InChI is InChI=1S/C13H18O3/c1-4-9(12(15)8(2)3)10-6-5-7-11(14)13(10)16/h5-9,14,16H,4H2,1-3H3. The number of rotatable bonds is 4. The zero-order valence-electron chi connectivity index (χ0n) is 9.90. The molecule has 88 valence electrons. The van der Waals surface area contributed by atoms with Gasteiger partial charge in [0, 0.05) is 17.4 Å². The van der Waals surface area contributed by atoms with Crippen LogP contribution in [0.25, 0.3) is 0 Å². The molecule has 1 unspecified atom stereocenters. The van der Waals surface area contributed by atoms with Crippen molar-refractivity contribution in [3.05, 3.63) is 23.8 Å². The average molecular weight is 222 g/mol. The van der Waals surface area contributed by atoms with E-state index >= 15 is 0 Å². The molecule has 0 bridgehead atoms. The highest BCUT2D eigenvalue weighted by Gasteiger charge is 2.24. The van der Waals surface area contributed by atoms with Gasteiger partial charge in [-0.2, -0.15) is 0 Å². The number of para-hydroxylation sites is 1. The number of ketones is 1. The molecule has 0 aromatic heterocycles. The number of aromatic hydroxyl groups is 2. The van der Waals surface area contributed by atoms with E-state index in [1.54, 1.807) is 12.1 Å². The average Bonchev–Trinajstić information content (AvgIpc) is 2.24. The Morgan fingerprint density at radius 2 is 1.94 bits per heavy atom. The van der Waals surface area contributed by atoms with Gasteiger partial charge in [-0.15, -0.1) is 0 Å². The Kier molecular flexibility index (Phi) is 3.93. The zero-order valence-corrected chi connectivity index (χ0v) is 9.90. The summed E-state index contributed by atoms with van der Waals surface area (Å²) in [6.45, 7) is 5.57. The molecule has 0 heterocycles. The predicted molar refractivity (Wildman–Crippen MR) is 62.6 cm³/mol. The third-order valence-corrected chi connectivity index (χ3v) is 2.74. The van der Waals surface area contributed by atoms with E-state index in [-0.39, 0.29) is 29.1 Å². The fraction of sp³-hybridized carbons (Fsp3) is 0.462. The van der Waals surface area contributed by atoms with Crippen molar-refractivity contribution < 1.29 is 15.0 Å². The number of hydrogen-bond donors (Lipinski definition) is 2. The van der Waals surface area contributed by atoms with Gasteiger partial charge in [-0.25, -0.2) is 0 Å². The minimum absolute atomic E-state index is 0.0771. The third-order valence-electron chi connectivity index (χ3n) is 2.74. The van der Waals surface area contributed by atoms with Crippen molar-refractivity contribution in [2.24, 2.45) is 5.92 Å². The molecular weight excluding hydrogens is 204 g/mol. The van der Waals surface area contributed by atoms with Crippen molar-refractivity contribution in [3.8, 4) is 11.5 Å². The van der Waals surface area contributed by atoms with E-state index < -0.39 is 0 Å². The number of benzene rings is 1. The largest absolute Gasteiger partial charge is 0.504 e. The topological polar surface area (TPSA) is 57.5 Å². The Labute approximate surface area is 95.7 Å². The summed E-state index contributed by atoms with van der Waals surface area (Å²) in [6.07, 6.45) is 0.619. The quantitative estimate of drug-likeness (QED) is 0.770. The highest BCUT2D eigenvalue weighted by molar-refractivity contribution is 5.88. The number of carbonyl (C=O) groups excluding carboxylic acids is 1. The maximum absolute atomic E-state index is 11.9. The van der Waals surface area contributed by atoms with Gasteiger partial charge in [-0.3, -0.25) is 4.79 Å². The zero-order chi connectivity index (χ0) is 12.3. The summed E-state index contributed by atoms with van der Waals surface area (Å²) in [5.74, 6) is -0.682. The number of Topliss-reactive ketones (excluding diaryl/α,β-unsaturated/α-hetero) is 1. The van der Waals surface area contributed by atoms with Gasteiger partial charge in [-0.1, -0.05) is 32.9 Å². The summed E-state index contributed by atoms with van der Waals surface area (Å²) in [5, 5.41) is 19.1. The van der Waals surface area contributed by atoms with E-state index in [9.17, 15) is 15.0 Å². The Morgan fingerprint density at radius 1 is 1.31 bits per heavy atom. The Morgan fingerprint density at radius 3 is 2.44 bits per heavy atom. The summed E-state index contributed by atoms with van der Waals surface area (Å²) >= 11 is 0. The lowest BCUT2D eigenvalue weighted by Crippen LogP contribution is -2.17. The lowest BCUT2D eigenvalue weighted by Gasteiger charge is -2.18. The monoisotopic (exact) mass is 222 g/mol. The molecule has 0 radical (unpaired) electrons. The molecule has 16 heavy (non-hydrogen) atoms. The lowest BCUT2D eigenvalue weighted by molar-refractivity contribution is -0.123. The molecule has 1 atom stereocenters. The van der Waals surface area contributed by atoms with Crippen LogP contribution in [0, 0.1) is 5.92 Å². The first kappa shape index (κ1) is 12.6. The Hall–Kier alpha value is -1.51. The van der Waals surface area contributed by atoms with Crippen LogP contribution in [0.2, 0.25) is 0 Å². The van der Waals surface area contributed by atoms with Gasteiger partial charge >= 0.3 is 0 Å². The van der Waals surface area contributed by atoms with Gasteiger partial charge in [0.05, 0.1) is 0 Å². The maximum Gasteiger partial charge on any atom is 0.161 e. The number of carbonyl (C=O) groups is 1. The summed E-state index contributed by atoms with van der Waals surface area (Å²) in [6, 6.07) is 4.73. The summed E-state index contributed by atoms with van der Waals surface area (Å²) in [4.78, 5) is 11.9. The van der Waals surface area contributed by atoms with Crippen LogP contribution in [-0.2, 0) is 4.79 Å². The first-order chi connectivity index (χ1) is 7.49. The van der Waals surface area contributed by atoms with Crippen molar-refractivity contribution in [2.75, 3.05) is 0 Å². The van der Waals surface area contributed by atoms with E-state index in [0.717, 1.165) is 0 Å². The van der Waals surface area contributed by atoms with Gasteiger partial charge in [0.25, 0.3) is 0 Å². The van der Waals surface area contributed by atoms with Crippen molar-refractivity contribution >= 4 is 5.78 Å². The minimum Gasteiger partial charge on any atom is -0.504 e. The van der Waals surface area contributed by atoms with E-state index in [2.05, 4.69) is 0 Å². The molecule has 0 aliphatic rings. The minimum atomic E-state index is -0.341.